The lowest BCUT2D eigenvalue weighted by Gasteiger charge is -2.00. The lowest BCUT2D eigenvalue weighted by atomic mass is 10.1. The summed E-state index contributed by atoms with van der Waals surface area (Å²) in [4.78, 5) is 3.96. The van der Waals surface area contributed by atoms with Crippen LogP contribution in [0, 0.1) is 13.0 Å². The summed E-state index contributed by atoms with van der Waals surface area (Å²) in [5.74, 6) is 0.0691. The Kier molecular flexibility index (Phi) is 1.47. The van der Waals surface area contributed by atoms with Gasteiger partial charge in [0.2, 0.25) is 5.88 Å². The molecule has 0 aliphatic carbocycles. The van der Waals surface area contributed by atoms with E-state index in [-0.39, 0.29) is 5.88 Å². The number of hydrogen-bond donors (Lipinski definition) is 1. The highest BCUT2D eigenvalue weighted by molar-refractivity contribution is 5.81. The van der Waals surface area contributed by atoms with Crippen LogP contribution in [-0.4, -0.2) is 10.1 Å². The first kappa shape index (κ1) is 7.10. The van der Waals surface area contributed by atoms with Gasteiger partial charge in [-0.3, -0.25) is 0 Å². The monoisotopic (exact) mass is 158 g/mol. The molecule has 2 aromatic rings. The fourth-order valence-electron chi connectivity index (χ4n) is 1.26. The summed E-state index contributed by atoms with van der Waals surface area (Å²) in [5.41, 5.74) is 1.79. The first-order chi connectivity index (χ1) is 5.77. The standard InChI is InChI=1S/C10H8NO/c1-7-6-10(12)11-9-5-3-2-4-8(7)9/h2-3,5-6H,1H3,(H,11,12). The van der Waals surface area contributed by atoms with Crippen molar-refractivity contribution in [2.24, 2.45) is 0 Å². The second-order valence-corrected chi connectivity index (χ2v) is 2.73. The number of rotatable bonds is 0. The minimum atomic E-state index is 0.0691. The Hall–Kier alpha value is -1.57. The van der Waals surface area contributed by atoms with Crippen LogP contribution < -0.4 is 0 Å². The zero-order chi connectivity index (χ0) is 8.55. The van der Waals surface area contributed by atoms with E-state index in [0.29, 0.717) is 0 Å². The lowest BCUT2D eigenvalue weighted by Crippen LogP contribution is -1.82. The molecular weight excluding hydrogens is 150 g/mol. The van der Waals surface area contributed by atoms with Crippen LogP contribution in [0.5, 0.6) is 5.88 Å². The largest absolute Gasteiger partial charge is 0.493 e. The quantitative estimate of drug-likeness (QED) is 0.636. The molecule has 1 heterocycles. The second kappa shape index (κ2) is 2.48. The predicted molar refractivity (Wildman–Crippen MR) is 47.0 cm³/mol. The summed E-state index contributed by atoms with van der Waals surface area (Å²) in [6.07, 6.45) is 0. The highest BCUT2D eigenvalue weighted by atomic mass is 16.3. The van der Waals surface area contributed by atoms with Gasteiger partial charge in [-0.1, -0.05) is 12.1 Å². The van der Waals surface area contributed by atoms with E-state index in [1.165, 1.54) is 0 Å². The first-order valence-corrected chi connectivity index (χ1v) is 3.74. The third-order valence-electron chi connectivity index (χ3n) is 1.81. The van der Waals surface area contributed by atoms with Gasteiger partial charge in [-0.15, -0.1) is 0 Å². The van der Waals surface area contributed by atoms with E-state index in [9.17, 15) is 5.11 Å². The van der Waals surface area contributed by atoms with E-state index in [1.807, 2.05) is 25.1 Å². The van der Waals surface area contributed by atoms with Gasteiger partial charge in [0.1, 0.15) is 0 Å². The Morgan fingerprint density at radius 1 is 1.50 bits per heavy atom. The van der Waals surface area contributed by atoms with Crippen LogP contribution in [0.15, 0.2) is 24.3 Å². The minimum absolute atomic E-state index is 0.0691. The summed E-state index contributed by atoms with van der Waals surface area (Å²) < 4.78 is 0. The highest BCUT2D eigenvalue weighted by Gasteiger charge is 1.99. The molecule has 1 N–H and O–H groups in total. The molecule has 2 rings (SSSR count). The zero-order valence-electron chi connectivity index (χ0n) is 6.70. The molecule has 0 saturated carbocycles. The fraction of sp³-hybridized carbons (Fsp3) is 0.100. The van der Waals surface area contributed by atoms with E-state index in [0.717, 1.165) is 16.5 Å². The molecule has 0 bridgehead atoms. The van der Waals surface area contributed by atoms with E-state index in [1.54, 1.807) is 6.07 Å². The van der Waals surface area contributed by atoms with Gasteiger partial charge in [0.15, 0.2) is 0 Å². The molecule has 0 aliphatic rings. The van der Waals surface area contributed by atoms with Crippen LogP contribution >= 0.6 is 0 Å². The topological polar surface area (TPSA) is 33.1 Å². The van der Waals surface area contributed by atoms with Crippen LogP contribution in [0.2, 0.25) is 0 Å². The second-order valence-electron chi connectivity index (χ2n) is 2.73. The molecule has 0 amide bonds. The molecule has 2 nitrogen and oxygen atoms in total. The summed E-state index contributed by atoms with van der Waals surface area (Å²) in [6.45, 7) is 1.93. The van der Waals surface area contributed by atoms with Crippen molar-refractivity contribution in [3.05, 3.63) is 35.9 Å². The summed E-state index contributed by atoms with van der Waals surface area (Å²) in [5, 5.41) is 10.2. The normalized spacial score (nSPS) is 10.4. The van der Waals surface area contributed by atoms with Gasteiger partial charge in [0.25, 0.3) is 0 Å². The Morgan fingerprint density at radius 3 is 3.17 bits per heavy atom. The molecule has 0 atom stereocenters. The minimum Gasteiger partial charge on any atom is -0.493 e. The third-order valence-corrected chi connectivity index (χ3v) is 1.81. The fourth-order valence-corrected chi connectivity index (χ4v) is 1.26. The first-order valence-electron chi connectivity index (χ1n) is 3.74. The van der Waals surface area contributed by atoms with Crippen LogP contribution in [0.1, 0.15) is 5.56 Å². The number of fused-ring (bicyclic) bond motifs is 1. The molecule has 0 aliphatic heterocycles. The van der Waals surface area contributed by atoms with Gasteiger partial charge in [-0.25, -0.2) is 4.98 Å². The van der Waals surface area contributed by atoms with E-state index >= 15 is 0 Å². The Labute approximate surface area is 70.5 Å². The van der Waals surface area contributed by atoms with Gasteiger partial charge < -0.3 is 5.11 Å². The Balaban J connectivity index is 2.89. The molecule has 59 valence electrons. The van der Waals surface area contributed by atoms with Crippen LogP contribution in [0.3, 0.4) is 0 Å². The lowest BCUT2D eigenvalue weighted by molar-refractivity contribution is 0.455. The number of aromatic hydroxyl groups is 1. The molecule has 0 spiro atoms. The molecule has 12 heavy (non-hydrogen) atoms. The maximum absolute atomic E-state index is 9.19. The van der Waals surface area contributed by atoms with Gasteiger partial charge in [0.05, 0.1) is 5.52 Å². The van der Waals surface area contributed by atoms with Crippen molar-refractivity contribution in [3.63, 3.8) is 0 Å². The number of hydrogen-bond acceptors (Lipinski definition) is 2. The average Bonchev–Trinajstić information content (AvgIpc) is 2.04. The third kappa shape index (κ3) is 1.01. The van der Waals surface area contributed by atoms with E-state index in [2.05, 4.69) is 11.1 Å². The number of nitrogens with zero attached hydrogens (tertiary/aromatic N) is 1. The number of aromatic nitrogens is 1. The van der Waals surface area contributed by atoms with Gasteiger partial charge >= 0.3 is 0 Å². The number of aryl methyl sites for hydroxylation is 1. The van der Waals surface area contributed by atoms with E-state index < -0.39 is 0 Å². The Bertz CT molecular complexity index is 423. The van der Waals surface area contributed by atoms with Crippen LogP contribution in [0.4, 0.5) is 0 Å². The smallest absolute Gasteiger partial charge is 0.211 e. The van der Waals surface area contributed by atoms with Crippen LogP contribution in [-0.2, 0) is 0 Å². The summed E-state index contributed by atoms with van der Waals surface area (Å²) >= 11 is 0. The summed E-state index contributed by atoms with van der Waals surface area (Å²) in [6, 6.07) is 10.3. The van der Waals surface area contributed by atoms with Crippen molar-refractivity contribution >= 4 is 10.9 Å². The zero-order valence-corrected chi connectivity index (χ0v) is 6.70. The number of benzene rings is 1. The maximum atomic E-state index is 9.19. The van der Waals surface area contributed by atoms with Crippen molar-refractivity contribution in [2.75, 3.05) is 0 Å². The van der Waals surface area contributed by atoms with E-state index in [4.69, 9.17) is 0 Å². The average molecular weight is 158 g/mol. The molecule has 1 radical (unpaired) electrons. The van der Waals surface area contributed by atoms with Gasteiger partial charge in [-0.2, -0.15) is 0 Å². The van der Waals surface area contributed by atoms with Gasteiger partial charge in [0, 0.05) is 11.5 Å². The van der Waals surface area contributed by atoms with Crippen molar-refractivity contribution < 1.29 is 5.11 Å². The number of pyridine rings is 1. The van der Waals surface area contributed by atoms with Crippen molar-refractivity contribution in [1.82, 2.24) is 4.98 Å². The van der Waals surface area contributed by atoms with Crippen molar-refractivity contribution in [1.29, 1.82) is 0 Å². The molecule has 1 aromatic heterocycles. The molecule has 0 saturated heterocycles. The van der Waals surface area contributed by atoms with Crippen LogP contribution in [0.25, 0.3) is 10.9 Å². The highest BCUT2D eigenvalue weighted by Crippen LogP contribution is 2.19. The Morgan fingerprint density at radius 2 is 2.33 bits per heavy atom. The SMILES string of the molecule is Cc1cc(O)nc2ccc[c]c12. The molecule has 0 fully saturated rings. The molecule has 1 aromatic carbocycles. The predicted octanol–water partition coefficient (Wildman–Crippen LogP) is 2.05. The molecular formula is C10H8NO. The summed E-state index contributed by atoms with van der Waals surface area (Å²) in [7, 11) is 0. The van der Waals surface area contributed by atoms with Crippen molar-refractivity contribution in [3.8, 4) is 5.88 Å². The molecule has 2 heteroatoms. The van der Waals surface area contributed by atoms with Crippen molar-refractivity contribution in [2.45, 2.75) is 6.92 Å². The van der Waals surface area contributed by atoms with Gasteiger partial charge in [-0.05, 0) is 24.6 Å². The maximum Gasteiger partial charge on any atom is 0.211 e. The molecule has 0 unspecified atom stereocenters.